The van der Waals surface area contributed by atoms with Crippen LogP contribution in [0, 0.1) is 0 Å². The Morgan fingerprint density at radius 2 is 1.74 bits per heavy atom. The number of carbonyl (C=O) groups excluding carboxylic acids is 2. The molecule has 31 heavy (non-hydrogen) atoms. The van der Waals surface area contributed by atoms with E-state index < -0.39 is 11.5 Å². The van der Waals surface area contributed by atoms with Crippen LogP contribution in [0.4, 0.5) is 5.69 Å². The summed E-state index contributed by atoms with van der Waals surface area (Å²) in [5.74, 6) is -0.281. The molecular formula is C24H19Cl2NO4. The van der Waals surface area contributed by atoms with Gasteiger partial charge in [-0.2, -0.15) is 0 Å². The van der Waals surface area contributed by atoms with Gasteiger partial charge in [0.1, 0.15) is 5.75 Å². The van der Waals surface area contributed by atoms with Gasteiger partial charge in [-0.15, -0.1) is 0 Å². The van der Waals surface area contributed by atoms with Crippen molar-refractivity contribution in [1.29, 1.82) is 0 Å². The minimum Gasteiger partial charge on any atom is -0.497 e. The molecule has 1 heterocycles. The number of methoxy groups -OCH3 is 1. The van der Waals surface area contributed by atoms with Crippen molar-refractivity contribution in [2.75, 3.05) is 12.0 Å². The number of fused-ring (bicyclic) bond motifs is 1. The summed E-state index contributed by atoms with van der Waals surface area (Å²) in [6.45, 7) is 0.186. The monoisotopic (exact) mass is 455 g/mol. The molecule has 5 nitrogen and oxygen atoms in total. The highest BCUT2D eigenvalue weighted by atomic mass is 35.5. The normalized spacial score (nSPS) is 17.5. The molecule has 1 aliphatic rings. The van der Waals surface area contributed by atoms with Gasteiger partial charge in [0, 0.05) is 11.1 Å². The van der Waals surface area contributed by atoms with Crippen LogP contribution in [0.3, 0.4) is 0 Å². The van der Waals surface area contributed by atoms with Gasteiger partial charge in [-0.25, -0.2) is 0 Å². The molecule has 1 N–H and O–H groups in total. The highest BCUT2D eigenvalue weighted by Gasteiger charge is 2.50. The number of Topliss-reactive ketones (excluding diaryl/α,β-unsaturated/α-hetero) is 1. The van der Waals surface area contributed by atoms with Crippen LogP contribution in [0.1, 0.15) is 27.9 Å². The molecule has 158 valence electrons. The number of ketones is 1. The first-order valence-corrected chi connectivity index (χ1v) is 10.3. The van der Waals surface area contributed by atoms with Crippen molar-refractivity contribution in [3.05, 3.63) is 93.5 Å². The Morgan fingerprint density at radius 3 is 2.42 bits per heavy atom. The lowest BCUT2D eigenvalue weighted by atomic mass is 9.88. The Kier molecular flexibility index (Phi) is 5.75. The molecule has 0 spiro atoms. The summed E-state index contributed by atoms with van der Waals surface area (Å²) in [4.78, 5) is 27.7. The van der Waals surface area contributed by atoms with Crippen LogP contribution in [0.15, 0.2) is 66.7 Å². The van der Waals surface area contributed by atoms with Crippen LogP contribution in [0.5, 0.6) is 5.75 Å². The van der Waals surface area contributed by atoms with Crippen LogP contribution in [-0.4, -0.2) is 23.9 Å². The van der Waals surface area contributed by atoms with Gasteiger partial charge in [-0.1, -0.05) is 47.5 Å². The third-order valence-electron chi connectivity index (χ3n) is 5.39. The summed E-state index contributed by atoms with van der Waals surface area (Å²) < 4.78 is 5.11. The van der Waals surface area contributed by atoms with Gasteiger partial charge in [-0.3, -0.25) is 9.59 Å². The average molecular weight is 456 g/mol. The van der Waals surface area contributed by atoms with Crippen LogP contribution in [-0.2, 0) is 16.9 Å². The number of hydrogen-bond acceptors (Lipinski definition) is 4. The minimum absolute atomic E-state index is 0.186. The number of anilines is 1. The van der Waals surface area contributed by atoms with Crippen LogP contribution in [0.2, 0.25) is 10.0 Å². The molecule has 7 heteroatoms. The Hall–Kier alpha value is -2.86. The fourth-order valence-corrected chi connectivity index (χ4v) is 4.09. The van der Waals surface area contributed by atoms with Crippen molar-refractivity contribution < 1.29 is 19.4 Å². The third kappa shape index (κ3) is 3.92. The SMILES string of the molecule is COc1ccc(C(=O)C[C@]2(O)C(=O)N(Cc3ccc(Cl)c(Cl)c3)c3ccccc32)cc1. The molecule has 0 bridgehead atoms. The maximum absolute atomic E-state index is 13.4. The van der Waals surface area contributed by atoms with Gasteiger partial charge < -0.3 is 14.7 Å². The van der Waals surface area contributed by atoms with Crippen molar-refractivity contribution in [3.8, 4) is 5.75 Å². The number of ether oxygens (including phenoxy) is 1. The first kappa shape index (κ1) is 21.4. The number of carbonyl (C=O) groups is 2. The first-order valence-electron chi connectivity index (χ1n) is 9.58. The number of amides is 1. The maximum Gasteiger partial charge on any atom is 0.264 e. The Bertz CT molecular complexity index is 1160. The van der Waals surface area contributed by atoms with E-state index in [9.17, 15) is 14.7 Å². The molecule has 1 amide bonds. The van der Waals surface area contributed by atoms with Gasteiger partial charge in [-0.05, 0) is 48.0 Å². The molecule has 0 radical (unpaired) electrons. The van der Waals surface area contributed by atoms with E-state index in [0.29, 0.717) is 32.6 Å². The molecule has 1 aliphatic heterocycles. The van der Waals surface area contributed by atoms with Gasteiger partial charge in [0.15, 0.2) is 11.4 Å². The van der Waals surface area contributed by atoms with Gasteiger partial charge in [0.25, 0.3) is 5.91 Å². The van der Waals surface area contributed by atoms with E-state index in [2.05, 4.69) is 0 Å². The lowest BCUT2D eigenvalue weighted by molar-refractivity contribution is -0.136. The Labute approximate surface area is 189 Å². The molecule has 0 aromatic heterocycles. The van der Waals surface area contributed by atoms with Crippen LogP contribution >= 0.6 is 23.2 Å². The number of rotatable bonds is 6. The Morgan fingerprint density at radius 1 is 1.03 bits per heavy atom. The summed E-state index contributed by atoms with van der Waals surface area (Å²) in [5, 5.41) is 12.2. The zero-order chi connectivity index (χ0) is 22.2. The molecule has 4 rings (SSSR count). The van der Waals surface area contributed by atoms with Gasteiger partial charge in [0.05, 0.1) is 35.8 Å². The van der Waals surface area contributed by atoms with E-state index in [1.807, 2.05) is 0 Å². The zero-order valence-electron chi connectivity index (χ0n) is 16.6. The lowest BCUT2D eigenvalue weighted by Gasteiger charge is -2.23. The quantitative estimate of drug-likeness (QED) is 0.530. The topological polar surface area (TPSA) is 66.8 Å². The predicted octanol–water partition coefficient (Wildman–Crippen LogP) is 5.01. The molecule has 0 saturated carbocycles. The number of nitrogens with zero attached hydrogens (tertiary/aromatic N) is 1. The van der Waals surface area contributed by atoms with E-state index in [4.69, 9.17) is 27.9 Å². The van der Waals surface area contributed by atoms with Crippen molar-refractivity contribution >= 4 is 40.6 Å². The molecule has 3 aromatic rings. The third-order valence-corrected chi connectivity index (χ3v) is 6.13. The molecular weight excluding hydrogens is 437 g/mol. The smallest absolute Gasteiger partial charge is 0.264 e. The molecule has 0 unspecified atom stereocenters. The van der Waals surface area contributed by atoms with Gasteiger partial charge in [0.2, 0.25) is 0 Å². The van der Waals surface area contributed by atoms with E-state index in [1.165, 1.54) is 12.0 Å². The molecule has 0 aliphatic carbocycles. The molecule has 0 saturated heterocycles. The fourth-order valence-electron chi connectivity index (χ4n) is 3.77. The fraction of sp³-hybridized carbons (Fsp3) is 0.167. The maximum atomic E-state index is 13.4. The lowest BCUT2D eigenvalue weighted by Crippen LogP contribution is -2.41. The summed E-state index contributed by atoms with van der Waals surface area (Å²) in [6.07, 6.45) is -0.368. The second-order valence-electron chi connectivity index (χ2n) is 7.35. The molecule has 0 fully saturated rings. The standard InChI is InChI=1S/C24H19Cl2NO4/c1-31-17-9-7-16(8-10-17)22(28)13-24(30)18-4-2-3-5-21(18)27(23(24)29)14-15-6-11-19(25)20(26)12-15/h2-12,30H,13-14H2,1H3/t24-/m1/s1. The second-order valence-corrected chi connectivity index (χ2v) is 8.16. The van der Waals surface area contributed by atoms with Crippen molar-refractivity contribution in [1.82, 2.24) is 0 Å². The van der Waals surface area contributed by atoms with E-state index in [-0.39, 0.29) is 18.7 Å². The average Bonchev–Trinajstić information content (AvgIpc) is 2.98. The molecule has 3 aromatic carbocycles. The number of halogens is 2. The van der Waals surface area contributed by atoms with Crippen LogP contribution < -0.4 is 9.64 Å². The zero-order valence-corrected chi connectivity index (χ0v) is 18.2. The second kappa shape index (κ2) is 8.35. The number of aliphatic hydroxyl groups is 1. The summed E-state index contributed by atoms with van der Waals surface area (Å²) in [7, 11) is 1.54. The highest BCUT2D eigenvalue weighted by Crippen LogP contribution is 2.43. The number of hydrogen-bond donors (Lipinski definition) is 1. The van der Waals surface area contributed by atoms with Crippen molar-refractivity contribution in [2.45, 2.75) is 18.6 Å². The largest absolute Gasteiger partial charge is 0.497 e. The van der Waals surface area contributed by atoms with Gasteiger partial charge >= 0.3 is 0 Å². The summed E-state index contributed by atoms with van der Waals surface area (Å²) in [6, 6.07) is 18.6. The highest BCUT2D eigenvalue weighted by molar-refractivity contribution is 6.42. The van der Waals surface area contributed by atoms with Crippen LogP contribution in [0.25, 0.3) is 0 Å². The minimum atomic E-state index is -1.95. The first-order chi connectivity index (χ1) is 14.8. The van der Waals surface area contributed by atoms with E-state index >= 15 is 0 Å². The molecule has 1 atom stereocenters. The van der Waals surface area contributed by atoms with Crippen molar-refractivity contribution in [3.63, 3.8) is 0 Å². The number of benzene rings is 3. The Balaban J connectivity index is 1.65. The predicted molar refractivity (Wildman–Crippen MR) is 120 cm³/mol. The van der Waals surface area contributed by atoms with Crippen molar-refractivity contribution in [2.24, 2.45) is 0 Å². The number of para-hydroxylation sites is 1. The summed E-state index contributed by atoms with van der Waals surface area (Å²) in [5.41, 5.74) is 0.153. The van der Waals surface area contributed by atoms with E-state index in [0.717, 1.165) is 5.56 Å². The summed E-state index contributed by atoms with van der Waals surface area (Å²) >= 11 is 12.1. The van der Waals surface area contributed by atoms with E-state index in [1.54, 1.807) is 66.7 Å².